The van der Waals surface area contributed by atoms with Crippen LogP contribution in [-0.4, -0.2) is 51.9 Å². The number of carbonyl (C=O) groups excluding carboxylic acids is 3. The predicted molar refractivity (Wildman–Crippen MR) is 143 cm³/mol. The molecule has 3 heterocycles. The average molecular weight is 528 g/mol. The molecule has 1 aromatic rings. The molecule has 3 aliphatic heterocycles. The fraction of sp³-hybridized carbons (Fsp3) is 0.621. The van der Waals surface area contributed by atoms with Gasteiger partial charge in [0.05, 0.1) is 17.9 Å². The number of nitrogens with zero attached hydrogens (tertiary/aromatic N) is 1. The summed E-state index contributed by atoms with van der Waals surface area (Å²) in [5.74, 6) is -1.37. The number of ether oxygens (including phenoxy) is 1. The molecule has 37 heavy (non-hydrogen) atoms. The van der Waals surface area contributed by atoms with Gasteiger partial charge in [0.2, 0.25) is 17.7 Å². The third kappa shape index (κ3) is 4.19. The van der Waals surface area contributed by atoms with Crippen LogP contribution >= 0.6 is 11.6 Å². The fourth-order valence-electron chi connectivity index (χ4n) is 6.84. The Morgan fingerprint density at radius 1 is 1.16 bits per heavy atom. The minimum atomic E-state index is -1.17. The molecule has 8 heteroatoms. The standard InChI is InChI=1S/C29H38ClN3O4/c1-15-8-7-9-20(17(15)3)32-26(35)24-29-13-12-21(37-29)22(23(29)27(36)33(24)28(4,5)6)25(34)31-18-11-10-16(2)19(30)14-18/h10-15,17,20-24H,7-9H2,1-6H3,(H,31,34)(H,32,35). The Kier molecular flexibility index (Phi) is 6.47. The molecule has 2 N–H and O–H groups in total. The van der Waals surface area contributed by atoms with E-state index >= 15 is 0 Å². The summed E-state index contributed by atoms with van der Waals surface area (Å²) in [5, 5.41) is 6.77. The van der Waals surface area contributed by atoms with E-state index in [2.05, 4.69) is 24.5 Å². The maximum Gasteiger partial charge on any atom is 0.246 e. The van der Waals surface area contributed by atoms with E-state index in [1.165, 1.54) is 0 Å². The summed E-state index contributed by atoms with van der Waals surface area (Å²) < 4.78 is 6.44. The number of rotatable bonds is 4. The maximum absolute atomic E-state index is 14.0. The molecule has 1 aromatic carbocycles. The molecule has 1 aliphatic carbocycles. The largest absolute Gasteiger partial charge is 0.359 e. The lowest BCUT2D eigenvalue weighted by atomic mass is 9.73. The molecule has 4 aliphatic rings. The summed E-state index contributed by atoms with van der Waals surface area (Å²) in [5.41, 5.74) is -0.332. The van der Waals surface area contributed by atoms with Crippen molar-refractivity contribution in [2.45, 2.75) is 90.1 Å². The molecule has 2 saturated heterocycles. The van der Waals surface area contributed by atoms with Crippen molar-refractivity contribution in [3.05, 3.63) is 40.9 Å². The summed E-state index contributed by atoms with van der Waals surface area (Å²) in [6.45, 7) is 12.1. The van der Waals surface area contributed by atoms with Crippen LogP contribution in [0.3, 0.4) is 0 Å². The Bertz CT molecular complexity index is 1160. The number of halogens is 1. The van der Waals surface area contributed by atoms with Gasteiger partial charge in [0.25, 0.3) is 0 Å². The molecule has 1 saturated carbocycles. The number of hydrogen-bond donors (Lipinski definition) is 2. The Labute approximate surface area is 224 Å². The van der Waals surface area contributed by atoms with Gasteiger partial charge in [0.15, 0.2) is 0 Å². The zero-order chi connectivity index (χ0) is 26.9. The van der Waals surface area contributed by atoms with Gasteiger partial charge in [-0.05, 0) is 63.6 Å². The highest BCUT2D eigenvalue weighted by atomic mass is 35.5. The molecular weight excluding hydrogens is 490 g/mol. The molecule has 1 spiro atoms. The molecule has 3 fully saturated rings. The fourth-order valence-corrected chi connectivity index (χ4v) is 7.02. The van der Waals surface area contributed by atoms with Crippen molar-refractivity contribution in [2.24, 2.45) is 23.7 Å². The molecule has 200 valence electrons. The van der Waals surface area contributed by atoms with Gasteiger partial charge >= 0.3 is 0 Å². The number of fused-ring (bicyclic) bond motifs is 1. The molecule has 2 bridgehead atoms. The highest BCUT2D eigenvalue weighted by Gasteiger charge is 2.74. The zero-order valence-electron chi connectivity index (χ0n) is 22.5. The van der Waals surface area contributed by atoms with Crippen LogP contribution in [0.1, 0.15) is 59.4 Å². The minimum Gasteiger partial charge on any atom is -0.359 e. The summed E-state index contributed by atoms with van der Waals surface area (Å²) in [7, 11) is 0. The van der Waals surface area contributed by atoms with Gasteiger partial charge < -0.3 is 20.3 Å². The van der Waals surface area contributed by atoms with Crippen molar-refractivity contribution in [3.8, 4) is 0 Å². The number of likely N-dealkylation sites (tertiary alicyclic amines) is 1. The number of carbonyl (C=O) groups is 3. The number of benzene rings is 1. The van der Waals surface area contributed by atoms with E-state index in [0.717, 1.165) is 24.8 Å². The van der Waals surface area contributed by atoms with Gasteiger partial charge in [-0.15, -0.1) is 0 Å². The Morgan fingerprint density at radius 2 is 1.89 bits per heavy atom. The summed E-state index contributed by atoms with van der Waals surface area (Å²) in [6, 6.07) is 4.54. The van der Waals surface area contributed by atoms with Gasteiger partial charge in [0, 0.05) is 22.3 Å². The number of amides is 3. The zero-order valence-corrected chi connectivity index (χ0v) is 23.3. The second kappa shape index (κ2) is 9.12. The first-order valence-electron chi connectivity index (χ1n) is 13.4. The first-order valence-corrected chi connectivity index (χ1v) is 13.8. The topological polar surface area (TPSA) is 87.7 Å². The van der Waals surface area contributed by atoms with Crippen LogP contribution in [-0.2, 0) is 19.1 Å². The van der Waals surface area contributed by atoms with E-state index in [1.54, 1.807) is 17.0 Å². The van der Waals surface area contributed by atoms with Crippen molar-refractivity contribution in [2.75, 3.05) is 5.32 Å². The number of anilines is 1. The van der Waals surface area contributed by atoms with Crippen LogP contribution in [0.4, 0.5) is 5.69 Å². The lowest BCUT2D eigenvalue weighted by molar-refractivity contribution is -0.147. The Morgan fingerprint density at radius 3 is 2.57 bits per heavy atom. The van der Waals surface area contributed by atoms with Crippen LogP contribution in [0.15, 0.2) is 30.4 Å². The van der Waals surface area contributed by atoms with Crippen molar-refractivity contribution in [1.29, 1.82) is 0 Å². The Balaban J connectivity index is 1.46. The molecule has 3 amide bonds. The summed E-state index contributed by atoms with van der Waals surface area (Å²) in [6.07, 6.45) is 6.28. The number of hydrogen-bond acceptors (Lipinski definition) is 4. The smallest absolute Gasteiger partial charge is 0.246 e. The van der Waals surface area contributed by atoms with Gasteiger partial charge in [-0.3, -0.25) is 14.4 Å². The molecule has 5 rings (SSSR count). The quantitative estimate of drug-likeness (QED) is 0.565. The van der Waals surface area contributed by atoms with Gasteiger partial charge in [-0.2, -0.15) is 0 Å². The monoisotopic (exact) mass is 527 g/mol. The van der Waals surface area contributed by atoms with E-state index in [0.29, 0.717) is 22.5 Å². The van der Waals surface area contributed by atoms with E-state index in [9.17, 15) is 14.4 Å². The molecule has 8 unspecified atom stereocenters. The van der Waals surface area contributed by atoms with Crippen molar-refractivity contribution in [3.63, 3.8) is 0 Å². The maximum atomic E-state index is 14.0. The molecular formula is C29H38ClN3O4. The lowest BCUT2D eigenvalue weighted by Gasteiger charge is -2.41. The molecule has 0 radical (unpaired) electrons. The SMILES string of the molecule is Cc1ccc(NC(=O)C2C3C=CC4(O3)C2C(=O)N(C(C)(C)C)C4C(=O)NC2CCCC(C)C2C)cc1Cl. The van der Waals surface area contributed by atoms with Crippen molar-refractivity contribution < 1.29 is 19.1 Å². The third-order valence-corrected chi connectivity index (χ3v) is 9.43. The van der Waals surface area contributed by atoms with Crippen molar-refractivity contribution >= 4 is 35.0 Å². The summed E-state index contributed by atoms with van der Waals surface area (Å²) in [4.78, 5) is 43.3. The van der Waals surface area contributed by atoms with Crippen molar-refractivity contribution in [1.82, 2.24) is 10.2 Å². The molecule has 8 atom stereocenters. The van der Waals surface area contributed by atoms with Gasteiger partial charge in [-0.1, -0.05) is 56.5 Å². The van der Waals surface area contributed by atoms with E-state index in [1.807, 2.05) is 45.9 Å². The summed E-state index contributed by atoms with van der Waals surface area (Å²) >= 11 is 6.26. The molecule has 0 aromatic heterocycles. The predicted octanol–water partition coefficient (Wildman–Crippen LogP) is 4.48. The first kappa shape index (κ1) is 26.2. The van der Waals surface area contributed by atoms with Crippen LogP contribution in [0.5, 0.6) is 0 Å². The van der Waals surface area contributed by atoms with E-state index < -0.39 is 35.1 Å². The van der Waals surface area contributed by atoms with E-state index in [-0.39, 0.29) is 23.8 Å². The molecule has 7 nitrogen and oxygen atoms in total. The second-order valence-corrected chi connectivity index (χ2v) is 12.8. The normalized spacial score (nSPS) is 36.6. The third-order valence-electron chi connectivity index (χ3n) is 9.02. The number of nitrogens with one attached hydrogen (secondary N) is 2. The second-order valence-electron chi connectivity index (χ2n) is 12.4. The minimum absolute atomic E-state index is 0.0524. The van der Waals surface area contributed by atoms with Crippen LogP contribution in [0.2, 0.25) is 5.02 Å². The van der Waals surface area contributed by atoms with Crippen LogP contribution in [0, 0.1) is 30.6 Å². The van der Waals surface area contributed by atoms with Gasteiger partial charge in [0.1, 0.15) is 11.6 Å². The highest BCUT2D eigenvalue weighted by molar-refractivity contribution is 6.31. The van der Waals surface area contributed by atoms with Crippen LogP contribution < -0.4 is 10.6 Å². The first-order chi connectivity index (χ1) is 17.3. The Hall–Kier alpha value is -2.38. The average Bonchev–Trinajstić information content (AvgIpc) is 3.46. The highest BCUT2D eigenvalue weighted by Crippen LogP contribution is 2.56. The number of aryl methyl sites for hydroxylation is 1. The van der Waals surface area contributed by atoms with Gasteiger partial charge in [-0.25, -0.2) is 0 Å². The lowest BCUT2D eigenvalue weighted by Crippen LogP contribution is -2.61. The van der Waals surface area contributed by atoms with Crippen LogP contribution in [0.25, 0.3) is 0 Å². The van der Waals surface area contributed by atoms with E-state index in [4.69, 9.17) is 16.3 Å².